The number of aliphatic hydroxyl groups excluding tert-OH is 4. The van der Waals surface area contributed by atoms with E-state index < -0.39 is 43.4 Å². The molecule has 9 heteroatoms. The van der Waals surface area contributed by atoms with Crippen LogP contribution in [0.25, 0.3) is 0 Å². The minimum Gasteiger partial charge on any atom is -0.472 e. The van der Waals surface area contributed by atoms with Crippen LogP contribution in [0.15, 0.2) is 34.7 Å². The Balaban J connectivity index is 1.45. The molecular formula is C26H36O9. The van der Waals surface area contributed by atoms with Gasteiger partial charge >= 0.3 is 5.97 Å². The lowest BCUT2D eigenvalue weighted by Crippen LogP contribution is -2.59. The molecule has 194 valence electrons. The van der Waals surface area contributed by atoms with E-state index in [1.165, 1.54) is 0 Å². The fourth-order valence-corrected chi connectivity index (χ4v) is 7.08. The van der Waals surface area contributed by atoms with Gasteiger partial charge in [0.1, 0.15) is 31.0 Å². The smallest absolute Gasteiger partial charge is 0.334 e. The number of aliphatic hydroxyl groups is 4. The van der Waals surface area contributed by atoms with Crippen molar-refractivity contribution in [3.05, 3.63) is 35.8 Å². The Morgan fingerprint density at radius 2 is 2.00 bits per heavy atom. The molecule has 0 radical (unpaired) electrons. The summed E-state index contributed by atoms with van der Waals surface area (Å²) in [7, 11) is 0. The fraction of sp³-hybridized carbons (Fsp3) is 0.731. The summed E-state index contributed by atoms with van der Waals surface area (Å²) in [5.74, 6) is 0.342. The topological polar surface area (TPSA) is 139 Å². The molecule has 4 N–H and O–H groups in total. The zero-order chi connectivity index (χ0) is 25.0. The number of rotatable bonds is 6. The van der Waals surface area contributed by atoms with Crippen LogP contribution >= 0.6 is 0 Å². The second kappa shape index (κ2) is 9.28. The molecule has 0 unspecified atom stereocenters. The van der Waals surface area contributed by atoms with Crippen molar-refractivity contribution in [1.82, 2.24) is 0 Å². The Bertz CT molecular complexity index is 943. The summed E-state index contributed by atoms with van der Waals surface area (Å²) in [6, 6.07) is 1.80. The van der Waals surface area contributed by atoms with Gasteiger partial charge in [0.2, 0.25) is 0 Å². The highest BCUT2D eigenvalue weighted by Crippen LogP contribution is 2.64. The SMILES string of the molecule is C[C@@H]1CC[C@@]23COC(=O)C2=CCC[C@@H]3[C@]1(C)C[C@@H](O[C@@H]1O[C@H](CO)[C@@H](O)[C@@H](O)[C@H]1O)c1ccoc1. The number of carbonyl (C=O) groups excluding carboxylic acids is 1. The van der Waals surface area contributed by atoms with E-state index in [0.29, 0.717) is 18.9 Å². The maximum atomic E-state index is 12.5. The molecule has 9 nitrogen and oxygen atoms in total. The van der Waals surface area contributed by atoms with Gasteiger partial charge in [0, 0.05) is 16.6 Å². The minimum atomic E-state index is -1.52. The predicted molar refractivity (Wildman–Crippen MR) is 122 cm³/mol. The summed E-state index contributed by atoms with van der Waals surface area (Å²) in [4.78, 5) is 12.5. The molecule has 2 saturated heterocycles. The molecule has 35 heavy (non-hydrogen) atoms. The van der Waals surface area contributed by atoms with Crippen molar-refractivity contribution in [2.75, 3.05) is 13.2 Å². The Morgan fingerprint density at radius 1 is 1.20 bits per heavy atom. The van der Waals surface area contributed by atoms with Crippen molar-refractivity contribution in [2.45, 2.75) is 82.8 Å². The number of allylic oxidation sites excluding steroid dienone is 1. The molecule has 1 saturated carbocycles. The van der Waals surface area contributed by atoms with E-state index in [2.05, 4.69) is 19.9 Å². The normalized spacial score (nSPS) is 44.2. The third-order valence-corrected chi connectivity index (χ3v) is 9.32. The Morgan fingerprint density at radius 3 is 2.71 bits per heavy atom. The molecule has 1 aromatic rings. The molecule has 4 aliphatic rings. The van der Waals surface area contributed by atoms with Gasteiger partial charge < -0.3 is 39.1 Å². The molecule has 3 fully saturated rings. The van der Waals surface area contributed by atoms with Gasteiger partial charge in [-0.15, -0.1) is 0 Å². The first kappa shape index (κ1) is 24.9. The van der Waals surface area contributed by atoms with Gasteiger partial charge in [-0.05, 0) is 55.4 Å². The van der Waals surface area contributed by atoms with Gasteiger partial charge in [-0.3, -0.25) is 0 Å². The highest BCUT2D eigenvalue weighted by atomic mass is 16.7. The maximum Gasteiger partial charge on any atom is 0.334 e. The van der Waals surface area contributed by atoms with Crippen LogP contribution in [0, 0.1) is 22.7 Å². The molecular weight excluding hydrogens is 456 g/mol. The zero-order valence-electron chi connectivity index (χ0n) is 20.2. The van der Waals surface area contributed by atoms with E-state index in [4.69, 9.17) is 18.6 Å². The Hall–Kier alpha value is -1.75. The van der Waals surface area contributed by atoms with Crippen molar-refractivity contribution in [3.8, 4) is 0 Å². The number of esters is 1. The molecule has 2 aliphatic heterocycles. The van der Waals surface area contributed by atoms with Gasteiger partial charge in [0.25, 0.3) is 0 Å². The highest BCUT2D eigenvalue weighted by molar-refractivity contribution is 5.92. The molecule has 1 spiro atoms. The summed E-state index contributed by atoms with van der Waals surface area (Å²) >= 11 is 0. The first-order chi connectivity index (χ1) is 16.7. The van der Waals surface area contributed by atoms with Crippen LogP contribution in [0.3, 0.4) is 0 Å². The van der Waals surface area contributed by atoms with E-state index in [1.807, 2.05) is 0 Å². The van der Waals surface area contributed by atoms with Crippen LogP contribution in [0.5, 0.6) is 0 Å². The second-order valence-corrected chi connectivity index (χ2v) is 11.0. The fourth-order valence-electron chi connectivity index (χ4n) is 7.08. The highest BCUT2D eigenvalue weighted by Gasteiger charge is 2.61. The van der Waals surface area contributed by atoms with Crippen molar-refractivity contribution in [2.24, 2.45) is 22.7 Å². The average Bonchev–Trinajstić information content (AvgIpc) is 3.50. The number of hydrogen-bond acceptors (Lipinski definition) is 9. The Labute approximate surface area is 204 Å². The second-order valence-electron chi connectivity index (χ2n) is 11.0. The monoisotopic (exact) mass is 492 g/mol. The number of hydrogen-bond donors (Lipinski definition) is 4. The van der Waals surface area contributed by atoms with Crippen LogP contribution < -0.4 is 0 Å². The van der Waals surface area contributed by atoms with Gasteiger partial charge in [0.05, 0.1) is 25.2 Å². The quantitative estimate of drug-likeness (QED) is 0.438. The molecule has 3 heterocycles. The van der Waals surface area contributed by atoms with Crippen molar-refractivity contribution < 1.29 is 43.8 Å². The zero-order valence-corrected chi connectivity index (χ0v) is 20.2. The van der Waals surface area contributed by atoms with E-state index in [9.17, 15) is 25.2 Å². The van der Waals surface area contributed by atoms with Gasteiger partial charge in [0.15, 0.2) is 6.29 Å². The number of cyclic esters (lactones) is 1. The lowest BCUT2D eigenvalue weighted by Gasteiger charge is -2.57. The number of carbonyl (C=O) groups is 1. The van der Waals surface area contributed by atoms with Gasteiger partial charge in [-0.1, -0.05) is 19.9 Å². The molecule has 1 aromatic heterocycles. The molecule has 0 bridgehead atoms. The van der Waals surface area contributed by atoms with E-state index in [1.54, 1.807) is 18.6 Å². The molecule has 5 rings (SSSR count). The number of ether oxygens (including phenoxy) is 3. The maximum absolute atomic E-state index is 12.5. The van der Waals surface area contributed by atoms with Crippen LogP contribution in [0.2, 0.25) is 0 Å². The van der Waals surface area contributed by atoms with Crippen molar-refractivity contribution in [3.63, 3.8) is 0 Å². The van der Waals surface area contributed by atoms with Crippen LogP contribution in [0.1, 0.15) is 57.6 Å². The van der Waals surface area contributed by atoms with Crippen LogP contribution in [-0.4, -0.2) is 70.3 Å². The minimum absolute atomic E-state index is 0.199. The first-order valence-electron chi connectivity index (χ1n) is 12.6. The lowest BCUT2D eigenvalue weighted by atomic mass is 9.46. The van der Waals surface area contributed by atoms with Gasteiger partial charge in [-0.25, -0.2) is 4.79 Å². The van der Waals surface area contributed by atoms with Crippen LogP contribution in [0.4, 0.5) is 0 Å². The summed E-state index contributed by atoms with van der Waals surface area (Å²) in [6.45, 7) is 4.37. The predicted octanol–water partition coefficient (Wildman–Crippen LogP) is 1.84. The standard InChI is InChI=1S/C26H36O9/c1-14-6-8-26-13-33-23(31)16(26)4-3-5-19(26)25(14,2)10-17(15-7-9-32-12-15)34-24-22(30)21(29)20(28)18(11-27)35-24/h4,7,9,12,14,17-22,24,27-30H,3,5-6,8,10-11,13H2,1-2H3/t14-,17-,18-,19-,20-,21-,22-,24-,25-,26-/m1/s1. The molecule has 0 aromatic carbocycles. The average molecular weight is 493 g/mol. The largest absolute Gasteiger partial charge is 0.472 e. The molecule has 2 aliphatic carbocycles. The molecule has 0 amide bonds. The number of furan rings is 1. The van der Waals surface area contributed by atoms with Crippen LogP contribution in [-0.2, 0) is 19.0 Å². The van der Waals surface area contributed by atoms with E-state index in [0.717, 1.165) is 36.8 Å². The summed E-state index contributed by atoms with van der Waals surface area (Å²) in [5, 5.41) is 40.6. The lowest BCUT2D eigenvalue weighted by molar-refractivity contribution is -0.315. The van der Waals surface area contributed by atoms with E-state index in [-0.39, 0.29) is 22.7 Å². The Kier molecular flexibility index (Phi) is 6.61. The summed E-state index contributed by atoms with van der Waals surface area (Å²) in [5.41, 5.74) is 1.06. The van der Waals surface area contributed by atoms with Crippen molar-refractivity contribution in [1.29, 1.82) is 0 Å². The van der Waals surface area contributed by atoms with Gasteiger partial charge in [-0.2, -0.15) is 0 Å². The summed E-state index contributed by atoms with van der Waals surface area (Å²) < 4.78 is 22.9. The summed E-state index contributed by atoms with van der Waals surface area (Å²) in [6.07, 6.45) is 2.08. The first-order valence-corrected chi connectivity index (χ1v) is 12.6. The third kappa shape index (κ3) is 3.97. The third-order valence-electron chi connectivity index (χ3n) is 9.32. The van der Waals surface area contributed by atoms with E-state index >= 15 is 0 Å². The molecule has 10 atom stereocenters. The van der Waals surface area contributed by atoms with Crippen molar-refractivity contribution >= 4 is 5.97 Å².